The van der Waals surface area contributed by atoms with Crippen LogP contribution in [-0.2, 0) is 28.0 Å². The van der Waals surface area contributed by atoms with E-state index in [9.17, 15) is 30.3 Å². The second-order valence-electron chi connectivity index (χ2n) is 4.34. The van der Waals surface area contributed by atoms with Crippen LogP contribution >= 0.6 is 0 Å². The lowest BCUT2D eigenvalue weighted by Crippen LogP contribution is -2.43. The van der Waals surface area contributed by atoms with E-state index in [0.29, 0.717) is 10.5 Å². The quantitative estimate of drug-likeness (QED) is 0.587. The van der Waals surface area contributed by atoms with Gasteiger partial charge in [-0.15, -0.1) is 3.89 Å². The molecule has 0 fully saturated rings. The summed E-state index contributed by atoms with van der Waals surface area (Å²) in [6, 6.07) is 3.35. The Bertz CT molecular complexity index is 654. The highest BCUT2D eigenvalue weighted by Gasteiger charge is 2.43. The molecule has 0 saturated heterocycles. The van der Waals surface area contributed by atoms with Crippen molar-refractivity contribution in [1.29, 1.82) is 0 Å². The number of nitrogens with zero attached hydrogens (tertiary/aromatic N) is 1. The second kappa shape index (κ2) is 4.72. The van der Waals surface area contributed by atoms with Crippen LogP contribution in [0.3, 0.4) is 0 Å². The molecular formula is C11H9F4NO3S. The Hall–Kier alpha value is -1.64. The highest BCUT2D eigenvalue weighted by molar-refractivity contribution is 7.86. The molecule has 1 amide bonds. The first-order chi connectivity index (χ1) is 9.09. The van der Waals surface area contributed by atoms with Crippen LogP contribution in [0.4, 0.5) is 17.1 Å². The van der Waals surface area contributed by atoms with Crippen LogP contribution in [0.15, 0.2) is 23.1 Å². The Labute approximate surface area is 112 Å². The van der Waals surface area contributed by atoms with Crippen molar-refractivity contribution in [3.63, 3.8) is 0 Å². The molecule has 0 N–H and O–H groups in total. The summed E-state index contributed by atoms with van der Waals surface area (Å²) < 4.78 is 71.4. The summed E-state index contributed by atoms with van der Waals surface area (Å²) >= 11 is 0. The molecule has 0 spiro atoms. The maximum atomic E-state index is 12.8. The monoisotopic (exact) mass is 311 g/mol. The number of halogens is 4. The summed E-state index contributed by atoms with van der Waals surface area (Å²) in [5.41, 5.74) is 0.802. The molecule has 1 aliphatic rings. The molecular weight excluding hydrogens is 302 g/mol. The third-order valence-corrected chi connectivity index (χ3v) is 3.82. The van der Waals surface area contributed by atoms with Crippen molar-refractivity contribution in [2.24, 2.45) is 0 Å². The normalized spacial score (nSPS) is 15.9. The highest BCUT2D eigenvalue weighted by atomic mass is 32.3. The summed E-state index contributed by atoms with van der Waals surface area (Å²) in [5.74, 6) is -1.99. The van der Waals surface area contributed by atoms with Crippen molar-refractivity contribution in [2.75, 3.05) is 6.54 Å². The lowest BCUT2D eigenvalue weighted by atomic mass is 10.00. The van der Waals surface area contributed by atoms with Gasteiger partial charge in [-0.25, -0.2) is 0 Å². The molecule has 9 heteroatoms. The van der Waals surface area contributed by atoms with Crippen molar-refractivity contribution in [1.82, 2.24) is 4.90 Å². The maximum absolute atomic E-state index is 12.8. The van der Waals surface area contributed by atoms with Gasteiger partial charge in [0.2, 0.25) is 0 Å². The van der Waals surface area contributed by atoms with Crippen LogP contribution in [0, 0.1) is 0 Å². The van der Waals surface area contributed by atoms with Gasteiger partial charge in [0.1, 0.15) is 0 Å². The van der Waals surface area contributed by atoms with Gasteiger partial charge in [0.25, 0.3) is 0 Å². The topological polar surface area (TPSA) is 54.5 Å². The van der Waals surface area contributed by atoms with E-state index < -0.39 is 33.7 Å². The van der Waals surface area contributed by atoms with Gasteiger partial charge in [-0.3, -0.25) is 4.79 Å². The molecule has 0 unspecified atom stereocenters. The van der Waals surface area contributed by atoms with E-state index in [4.69, 9.17) is 0 Å². The van der Waals surface area contributed by atoms with Gasteiger partial charge in [-0.1, -0.05) is 6.07 Å². The Morgan fingerprint density at radius 3 is 2.40 bits per heavy atom. The van der Waals surface area contributed by atoms with E-state index in [2.05, 4.69) is 0 Å². The first-order valence-electron chi connectivity index (χ1n) is 5.51. The number of carbonyl (C=O) groups excluding carboxylic acids is 1. The number of hydrogen-bond acceptors (Lipinski definition) is 3. The Kier molecular flexibility index (Phi) is 3.49. The molecule has 4 nitrogen and oxygen atoms in total. The maximum Gasteiger partial charge on any atom is 0.471 e. The van der Waals surface area contributed by atoms with E-state index in [-0.39, 0.29) is 18.5 Å². The summed E-state index contributed by atoms with van der Waals surface area (Å²) in [4.78, 5) is 11.1. The van der Waals surface area contributed by atoms with Gasteiger partial charge in [0.15, 0.2) is 0 Å². The molecule has 20 heavy (non-hydrogen) atoms. The zero-order valence-electron chi connectivity index (χ0n) is 9.95. The molecule has 0 aliphatic carbocycles. The van der Waals surface area contributed by atoms with Crippen molar-refractivity contribution in [3.8, 4) is 0 Å². The predicted molar refractivity (Wildman–Crippen MR) is 59.9 cm³/mol. The third kappa shape index (κ3) is 2.92. The van der Waals surface area contributed by atoms with Gasteiger partial charge in [-0.2, -0.15) is 21.6 Å². The van der Waals surface area contributed by atoms with Gasteiger partial charge in [0.05, 0.1) is 4.90 Å². The van der Waals surface area contributed by atoms with Crippen molar-refractivity contribution in [2.45, 2.75) is 24.0 Å². The number of alkyl halides is 3. The SMILES string of the molecule is O=C(N1CCc2ccc(S(=O)(=O)F)cc2C1)C(F)(F)F. The second-order valence-corrected chi connectivity index (χ2v) is 5.69. The van der Waals surface area contributed by atoms with E-state index in [1.807, 2.05) is 0 Å². The fraction of sp³-hybridized carbons (Fsp3) is 0.364. The first kappa shape index (κ1) is 14.8. The molecule has 1 aromatic carbocycles. The van der Waals surface area contributed by atoms with E-state index in [1.54, 1.807) is 0 Å². The van der Waals surface area contributed by atoms with E-state index in [0.717, 1.165) is 12.1 Å². The Morgan fingerprint density at radius 2 is 1.85 bits per heavy atom. The lowest BCUT2D eigenvalue weighted by molar-refractivity contribution is -0.186. The molecule has 1 aliphatic heterocycles. The molecule has 0 atom stereocenters. The minimum absolute atomic E-state index is 0.118. The molecule has 2 rings (SSSR count). The molecule has 1 aromatic rings. The van der Waals surface area contributed by atoms with Crippen LogP contribution in [-0.4, -0.2) is 31.9 Å². The average molecular weight is 311 g/mol. The largest absolute Gasteiger partial charge is 0.471 e. The number of carbonyl (C=O) groups is 1. The number of benzene rings is 1. The fourth-order valence-corrected chi connectivity index (χ4v) is 2.55. The van der Waals surface area contributed by atoms with Crippen molar-refractivity contribution < 1.29 is 30.3 Å². The number of fused-ring (bicyclic) bond motifs is 1. The van der Waals surface area contributed by atoms with Gasteiger partial charge >= 0.3 is 22.3 Å². The molecule has 0 radical (unpaired) electrons. The standard InChI is InChI=1S/C11H9F4NO3S/c12-11(13,14)10(17)16-4-3-7-1-2-9(20(15,18)19)5-8(7)6-16/h1-2,5H,3-4,6H2. The van der Waals surface area contributed by atoms with Crippen LogP contribution in [0.1, 0.15) is 11.1 Å². The summed E-state index contributed by atoms with van der Waals surface area (Å²) in [7, 11) is -4.93. The zero-order valence-corrected chi connectivity index (χ0v) is 10.8. The highest BCUT2D eigenvalue weighted by Crippen LogP contribution is 2.26. The van der Waals surface area contributed by atoms with Gasteiger partial charge in [0, 0.05) is 13.1 Å². The Balaban J connectivity index is 2.32. The minimum atomic E-state index is -4.98. The van der Waals surface area contributed by atoms with Gasteiger partial charge < -0.3 is 4.90 Å². The van der Waals surface area contributed by atoms with Crippen molar-refractivity contribution >= 4 is 16.1 Å². The number of rotatable bonds is 1. The van der Waals surface area contributed by atoms with Gasteiger partial charge in [-0.05, 0) is 29.7 Å². The molecule has 1 heterocycles. The van der Waals surface area contributed by atoms with Crippen LogP contribution in [0.5, 0.6) is 0 Å². The average Bonchev–Trinajstić information content (AvgIpc) is 2.34. The summed E-state index contributed by atoms with van der Waals surface area (Å²) in [6.07, 6.45) is -4.83. The molecule has 110 valence electrons. The van der Waals surface area contributed by atoms with Crippen molar-refractivity contribution in [3.05, 3.63) is 29.3 Å². The van der Waals surface area contributed by atoms with Crippen LogP contribution < -0.4 is 0 Å². The van der Waals surface area contributed by atoms with E-state index >= 15 is 0 Å². The molecule has 0 bridgehead atoms. The molecule has 0 saturated carbocycles. The number of amides is 1. The fourth-order valence-electron chi connectivity index (χ4n) is 2.04. The Morgan fingerprint density at radius 1 is 1.20 bits per heavy atom. The first-order valence-corrected chi connectivity index (χ1v) is 6.90. The third-order valence-electron chi connectivity index (χ3n) is 3.00. The summed E-state index contributed by atoms with van der Waals surface area (Å²) in [5, 5.41) is 0. The summed E-state index contributed by atoms with van der Waals surface area (Å²) in [6.45, 7) is -0.510. The van der Waals surface area contributed by atoms with Crippen LogP contribution in [0.25, 0.3) is 0 Å². The predicted octanol–water partition coefficient (Wildman–Crippen LogP) is 1.79. The smallest absolute Gasteiger partial charge is 0.330 e. The van der Waals surface area contributed by atoms with Crippen LogP contribution in [0.2, 0.25) is 0 Å². The minimum Gasteiger partial charge on any atom is -0.330 e. The van der Waals surface area contributed by atoms with E-state index in [1.165, 1.54) is 6.07 Å². The zero-order chi connectivity index (χ0) is 15.1. The lowest BCUT2D eigenvalue weighted by Gasteiger charge is -2.29. The number of hydrogen-bond donors (Lipinski definition) is 0. The molecule has 0 aromatic heterocycles.